The van der Waals surface area contributed by atoms with Gasteiger partial charge in [-0.1, -0.05) is 11.6 Å². The van der Waals surface area contributed by atoms with Crippen LogP contribution in [-0.2, 0) is 4.74 Å². The van der Waals surface area contributed by atoms with Gasteiger partial charge in [-0.15, -0.1) is 0 Å². The second-order valence-electron chi connectivity index (χ2n) is 5.31. The topological polar surface area (TPSA) is 91.4 Å². The molecule has 0 aliphatic heterocycles. The molecular weight excluding hydrogens is 324 g/mol. The molecule has 1 aromatic carbocycles. The van der Waals surface area contributed by atoms with E-state index in [1.54, 1.807) is 11.5 Å². The average Bonchev–Trinajstić information content (AvgIpc) is 3.32. The Hall–Kier alpha value is -2.41. The lowest BCUT2D eigenvalue weighted by Gasteiger charge is -2.12. The van der Waals surface area contributed by atoms with Gasteiger partial charge in [0, 0.05) is 23.7 Å². The van der Waals surface area contributed by atoms with Crippen LogP contribution in [0.4, 0.5) is 5.69 Å². The normalized spacial score (nSPS) is 14.0. The molecule has 0 amide bonds. The first kappa shape index (κ1) is 15.5. The van der Waals surface area contributed by atoms with Crippen LogP contribution in [0.1, 0.15) is 36.2 Å². The summed E-state index contributed by atoms with van der Waals surface area (Å²) in [6.45, 7) is 1.80. The number of ether oxygens (including phenoxy) is 1. The molecule has 0 saturated heterocycles. The molecule has 120 valence electrons. The molecule has 3 rings (SSSR count). The highest BCUT2D eigenvalue weighted by Gasteiger charge is 2.28. The fourth-order valence-electron chi connectivity index (χ4n) is 2.51. The van der Waals surface area contributed by atoms with Crippen LogP contribution in [0, 0.1) is 10.1 Å². The molecule has 2 aromatic rings. The largest absolute Gasteiger partial charge is 0.462 e. The maximum absolute atomic E-state index is 12.5. The predicted octanol–water partition coefficient (Wildman–Crippen LogP) is 3.07. The van der Waals surface area contributed by atoms with Crippen molar-refractivity contribution in [2.24, 2.45) is 0 Å². The number of rotatable bonds is 4. The van der Waals surface area contributed by atoms with Crippen molar-refractivity contribution in [2.45, 2.75) is 25.8 Å². The van der Waals surface area contributed by atoms with Gasteiger partial charge in [0.1, 0.15) is 10.6 Å². The highest BCUT2D eigenvalue weighted by molar-refractivity contribution is 6.33. The van der Waals surface area contributed by atoms with Crippen molar-refractivity contribution in [1.82, 2.24) is 4.57 Å². The number of nitro groups is 1. The van der Waals surface area contributed by atoms with Crippen LogP contribution < -0.4 is 5.43 Å². The molecule has 0 atom stereocenters. The van der Waals surface area contributed by atoms with E-state index in [0.717, 1.165) is 12.8 Å². The SMILES string of the molecule is CCOC(=O)c1cn(C2CC2)c2cc([N+](=O)[O-])c(Cl)cc2c1=O. The molecule has 1 fully saturated rings. The van der Waals surface area contributed by atoms with E-state index >= 15 is 0 Å². The van der Waals surface area contributed by atoms with Crippen molar-refractivity contribution in [3.8, 4) is 0 Å². The van der Waals surface area contributed by atoms with Gasteiger partial charge in [0.25, 0.3) is 5.69 Å². The molecule has 1 aliphatic rings. The first-order valence-corrected chi connectivity index (χ1v) is 7.51. The number of esters is 1. The van der Waals surface area contributed by atoms with Crippen LogP contribution in [0.25, 0.3) is 10.9 Å². The van der Waals surface area contributed by atoms with Crippen LogP contribution in [0.5, 0.6) is 0 Å². The number of carbonyl (C=O) groups is 1. The summed E-state index contributed by atoms with van der Waals surface area (Å²) in [6.07, 6.45) is 3.20. The minimum atomic E-state index is -0.705. The Kier molecular flexibility index (Phi) is 3.81. The fourth-order valence-corrected chi connectivity index (χ4v) is 2.74. The molecular formula is C15H13ClN2O5. The molecule has 0 radical (unpaired) electrons. The molecule has 23 heavy (non-hydrogen) atoms. The van der Waals surface area contributed by atoms with E-state index in [-0.39, 0.29) is 34.3 Å². The summed E-state index contributed by atoms with van der Waals surface area (Å²) in [6, 6.07) is 2.65. The number of halogens is 1. The van der Waals surface area contributed by atoms with Crippen LogP contribution in [0.3, 0.4) is 0 Å². The Labute approximate surface area is 135 Å². The van der Waals surface area contributed by atoms with Gasteiger partial charge in [-0.25, -0.2) is 4.79 Å². The van der Waals surface area contributed by atoms with E-state index in [2.05, 4.69) is 0 Å². The zero-order chi connectivity index (χ0) is 16.7. The van der Waals surface area contributed by atoms with E-state index in [4.69, 9.17) is 16.3 Å². The maximum atomic E-state index is 12.5. The molecule has 7 nitrogen and oxygen atoms in total. The minimum absolute atomic E-state index is 0.0869. The lowest BCUT2D eigenvalue weighted by molar-refractivity contribution is -0.384. The Morgan fingerprint density at radius 1 is 1.48 bits per heavy atom. The molecule has 1 aliphatic carbocycles. The molecule has 1 heterocycles. The Balaban J connectivity index is 2.33. The smallest absolute Gasteiger partial charge is 0.343 e. The number of fused-ring (bicyclic) bond motifs is 1. The maximum Gasteiger partial charge on any atom is 0.343 e. The summed E-state index contributed by atoms with van der Waals surface area (Å²) in [5.41, 5.74) is -0.484. The van der Waals surface area contributed by atoms with E-state index in [0.29, 0.717) is 5.52 Å². The van der Waals surface area contributed by atoms with Crippen molar-refractivity contribution in [3.05, 3.63) is 49.3 Å². The van der Waals surface area contributed by atoms with Gasteiger partial charge in [-0.2, -0.15) is 0 Å². The van der Waals surface area contributed by atoms with Crippen LogP contribution in [-0.4, -0.2) is 22.1 Å². The van der Waals surface area contributed by atoms with Gasteiger partial charge in [0.15, 0.2) is 0 Å². The third kappa shape index (κ3) is 2.68. The number of aromatic nitrogens is 1. The first-order chi connectivity index (χ1) is 10.9. The van der Waals surface area contributed by atoms with Gasteiger partial charge >= 0.3 is 5.97 Å². The van der Waals surface area contributed by atoms with Crippen molar-refractivity contribution in [3.63, 3.8) is 0 Å². The van der Waals surface area contributed by atoms with Gasteiger partial charge in [-0.3, -0.25) is 14.9 Å². The molecule has 0 N–H and O–H groups in total. The second-order valence-corrected chi connectivity index (χ2v) is 5.72. The first-order valence-electron chi connectivity index (χ1n) is 7.14. The standard InChI is InChI=1S/C15H13ClN2O5/c1-2-23-15(20)10-7-17(8-3-4-8)12-6-13(18(21)22)11(16)5-9(12)14(10)19/h5-8H,2-4H2,1H3. The molecule has 0 bridgehead atoms. The van der Waals surface area contributed by atoms with E-state index in [1.807, 2.05) is 0 Å². The molecule has 1 saturated carbocycles. The monoisotopic (exact) mass is 336 g/mol. The molecule has 0 unspecified atom stereocenters. The summed E-state index contributed by atoms with van der Waals surface area (Å²) < 4.78 is 6.64. The van der Waals surface area contributed by atoms with Crippen LogP contribution >= 0.6 is 11.6 Å². The lowest BCUT2D eigenvalue weighted by atomic mass is 10.1. The Morgan fingerprint density at radius 2 is 2.17 bits per heavy atom. The summed E-state index contributed by atoms with van der Waals surface area (Å²) in [4.78, 5) is 35.0. The number of carbonyl (C=O) groups excluding carboxylic acids is 1. The summed E-state index contributed by atoms with van der Waals surface area (Å²) in [5, 5.41) is 11.1. The summed E-state index contributed by atoms with van der Waals surface area (Å²) in [7, 11) is 0. The molecule has 8 heteroatoms. The van der Waals surface area contributed by atoms with Crippen molar-refractivity contribution in [1.29, 1.82) is 0 Å². The van der Waals surface area contributed by atoms with E-state index < -0.39 is 16.3 Å². The number of nitro benzene ring substituents is 1. The van der Waals surface area contributed by atoms with Crippen molar-refractivity contribution >= 4 is 34.2 Å². The van der Waals surface area contributed by atoms with Crippen LogP contribution in [0.2, 0.25) is 5.02 Å². The highest BCUT2D eigenvalue weighted by atomic mass is 35.5. The number of nitrogens with zero attached hydrogens (tertiary/aromatic N) is 2. The van der Waals surface area contributed by atoms with Crippen molar-refractivity contribution < 1.29 is 14.5 Å². The van der Waals surface area contributed by atoms with E-state index in [9.17, 15) is 19.7 Å². The van der Waals surface area contributed by atoms with Crippen LogP contribution in [0.15, 0.2) is 23.1 Å². The third-order valence-electron chi connectivity index (χ3n) is 3.73. The zero-order valence-electron chi connectivity index (χ0n) is 12.2. The zero-order valence-corrected chi connectivity index (χ0v) is 13.0. The van der Waals surface area contributed by atoms with Gasteiger partial charge in [0.2, 0.25) is 5.43 Å². The second kappa shape index (κ2) is 5.66. The molecule has 0 spiro atoms. The number of benzene rings is 1. The Bertz CT molecular complexity index is 886. The van der Waals surface area contributed by atoms with E-state index in [1.165, 1.54) is 18.3 Å². The number of hydrogen-bond donors (Lipinski definition) is 0. The quantitative estimate of drug-likeness (QED) is 0.486. The Morgan fingerprint density at radius 3 is 2.74 bits per heavy atom. The predicted molar refractivity (Wildman–Crippen MR) is 84.1 cm³/mol. The lowest BCUT2D eigenvalue weighted by Crippen LogP contribution is -2.21. The van der Waals surface area contributed by atoms with Crippen molar-refractivity contribution in [2.75, 3.05) is 6.61 Å². The van der Waals surface area contributed by atoms with Gasteiger partial charge in [0.05, 0.1) is 17.0 Å². The fraction of sp³-hybridized carbons (Fsp3) is 0.333. The van der Waals surface area contributed by atoms with Gasteiger partial charge in [-0.05, 0) is 25.8 Å². The third-order valence-corrected chi connectivity index (χ3v) is 4.04. The van der Waals surface area contributed by atoms with Gasteiger partial charge < -0.3 is 9.30 Å². The average molecular weight is 337 g/mol. The number of hydrogen-bond acceptors (Lipinski definition) is 5. The highest BCUT2D eigenvalue weighted by Crippen LogP contribution is 2.38. The summed E-state index contributed by atoms with van der Waals surface area (Å²) >= 11 is 5.90. The number of pyridine rings is 1. The minimum Gasteiger partial charge on any atom is -0.462 e. The summed E-state index contributed by atoms with van der Waals surface area (Å²) in [5.74, 6) is -0.705. The molecule has 1 aromatic heterocycles.